The Morgan fingerprint density at radius 2 is 1.96 bits per heavy atom. The van der Waals surface area contributed by atoms with Crippen LogP contribution in [-0.2, 0) is 24.3 Å². The molecule has 1 aliphatic rings. The second kappa shape index (κ2) is 7.09. The van der Waals surface area contributed by atoms with Gasteiger partial charge >= 0.3 is 5.97 Å². The van der Waals surface area contributed by atoms with Crippen molar-refractivity contribution in [2.24, 2.45) is 0 Å². The molecule has 1 amide bonds. The lowest BCUT2D eigenvalue weighted by Gasteiger charge is -2.29. The van der Waals surface area contributed by atoms with Crippen LogP contribution >= 0.6 is 15.9 Å². The Balaban J connectivity index is 1.77. The smallest absolute Gasteiger partial charge is 0.323 e. The monoisotopic (exact) mass is 440 g/mol. The van der Waals surface area contributed by atoms with Crippen LogP contribution in [0.4, 0.5) is 0 Å². The van der Waals surface area contributed by atoms with Gasteiger partial charge in [0.05, 0.1) is 5.56 Å². The summed E-state index contributed by atoms with van der Waals surface area (Å²) in [6.45, 7) is 4.99. The van der Waals surface area contributed by atoms with E-state index in [1.807, 2.05) is 53.6 Å². The SMILES string of the molecule is Cc1ccc2c(c1)c1c(n2CC(=O)O)CCN(C(=O)c2cccc(C)c2Br)C1. The first-order valence-corrected chi connectivity index (χ1v) is 10.0. The third-order valence-corrected chi connectivity index (χ3v) is 6.47. The molecule has 6 heteroatoms. The molecule has 1 aliphatic heterocycles. The van der Waals surface area contributed by atoms with Crippen LogP contribution in [0, 0.1) is 13.8 Å². The number of carbonyl (C=O) groups excluding carboxylic acids is 1. The fourth-order valence-corrected chi connectivity index (χ4v) is 4.47. The molecule has 3 aromatic rings. The standard InChI is InChI=1S/C22H21BrN2O3/c1-13-6-7-18-16(10-13)17-11-24(9-8-19(17)25(18)12-20(26)27)22(28)15-5-3-4-14(2)21(15)23/h3-7,10H,8-9,11-12H2,1-2H3,(H,26,27). The fraction of sp³-hybridized carbons (Fsp3) is 0.273. The highest BCUT2D eigenvalue weighted by atomic mass is 79.9. The normalized spacial score (nSPS) is 13.6. The first kappa shape index (κ1) is 18.7. The zero-order valence-corrected chi connectivity index (χ0v) is 17.4. The van der Waals surface area contributed by atoms with Gasteiger partial charge in [-0.3, -0.25) is 9.59 Å². The van der Waals surface area contributed by atoms with Crippen LogP contribution in [0.3, 0.4) is 0 Å². The molecule has 28 heavy (non-hydrogen) atoms. The van der Waals surface area contributed by atoms with E-state index in [-0.39, 0.29) is 12.5 Å². The van der Waals surface area contributed by atoms with E-state index < -0.39 is 5.97 Å². The molecular weight excluding hydrogens is 420 g/mol. The number of rotatable bonds is 3. The van der Waals surface area contributed by atoms with Crippen molar-refractivity contribution in [2.45, 2.75) is 33.4 Å². The fourth-order valence-electron chi connectivity index (χ4n) is 4.04. The van der Waals surface area contributed by atoms with E-state index in [4.69, 9.17) is 0 Å². The number of amides is 1. The molecule has 4 rings (SSSR count). The molecule has 0 saturated heterocycles. The highest BCUT2D eigenvalue weighted by Gasteiger charge is 2.28. The number of benzene rings is 2. The van der Waals surface area contributed by atoms with Crippen molar-refractivity contribution >= 4 is 38.7 Å². The maximum atomic E-state index is 13.2. The number of aliphatic carboxylic acids is 1. The molecule has 0 fully saturated rings. The molecule has 0 spiro atoms. The van der Waals surface area contributed by atoms with Crippen LogP contribution in [0.5, 0.6) is 0 Å². The maximum absolute atomic E-state index is 13.2. The molecule has 0 bridgehead atoms. The number of fused-ring (bicyclic) bond motifs is 3. The molecule has 2 heterocycles. The largest absolute Gasteiger partial charge is 0.480 e. The van der Waals surface area contributed by atoms with Crippen molar-refractivity contribution < 1.29 is 14.7 Å². The topological polar surface area (TPSA) is 62.5 Å². The minimum absolute atomic E-state index is 0.00647. The second-order valence-electron chi connectivity index (χ2n) is 7.34. The van der Waals surface area contributed by atoms with Crippen LogP contribution in [0.2, 0.25) is 0 Å². The van der Waals surface area contributed by atoms with Gasteiger partial charge in [0.15, 0.2) is 0 Å². The summed E-state index contributed by atoms with van der Waals surface area (Å²) in [5.41, 5.74) is 5.81. The van der Waals surface area contributed by atoms with Crippen LogP contribution in [-0.4, -0.2) is 33.0 Å². The van der Waals surface area contributed by atoms with Crippen LogP contribution in [0.25, 0.3) is 10.9 Å². The zero-order chi connectivity index (χ0) is 20.0. The van der Waals surface area contributed by atoms with Gasteiger partial charge in [0.25, 0.3) is 5.91 Å². The van der Waals surface area contributed by atoms with Gasteiger partial charge in [-0.25, -0.2) is 0 Å². The summed E-state index contributed by atoms with van der Waals surface area (Å²) in [7, 11) is 0. The molecule has 0 aliphatic carbocycles. The second-order valence-corrected chi connectivity index (χ2v) is 8.13. The van der Waals surface area contributed by atoms with Gasteiger partial charge < -0.3 is 14.6 Å². The number of carboxylic acid groups (broad SMARTS) is 1. The van der Waals surface area contributed by atoms with Crippen molar-refractivity contribution in [1.82, 2.24) is 9.47 Å². The molecular formula is C22H21BrN2O3. The third-order valence-electron chi connectivity index (χ3n) is 5.41. The van der Waals surface area contributed by atoms with Crippen molar-refractivity contribution in [3.8, 4) is 0 Å². The first-order chi connectivity index (χ1) is 13.4. The Bertz CT molecular complexity index is 1120. The predicted molar refractivity (Wildman–Crippen MR) is 112 cm³/mol. The van der Waals surface area contributed by atoms with Crippen molar-refractivity contribution in [1.29, 1.82) is 0 Å². The Hall–Kier alpha value is -2.60. The van der Waals surface area contributed by atoms with Gasteiger partial charge in [-0.15, -0.1) is 0 Å². The van der Waals surface area contributed by atoms with Crippen LogP contribution in [0.15, 0.2) is 40.9 Å². The summed E-state index contributed by atoms with van der Waals surface area (Å²) in [6.07, 6.45) is 0.644. The van der Waals surface area contributed by atoms with Gasteiger partial charge in [-0.2, -0.15) is 0 Å². The van der Waals surface area contributed by atoms with E-state index in [1.54, 1.807) is 0 Å². The highest BCUT2D eigenvalue weighted by Crippen LogP contribution is 2.33. The average Bonchev–Trinajstić information content (AvgIpc) is 2.95. The molecule has 0 radical (unpaired) electrons. The Morgan fingerprint density at radius 1 is 1.18 bits per heavy atom. The number of nitrogens with zero attached hydrogens (tertiary/aromatic N) is 2. The van der Waals surface area contributed by atoms with E-state index in [0.717, 1.165) is 37.8 Å². The number of carboxylic acids is 1. The van der Waals surface area contributed by atoms with E-state index in [9.17, 15) is 14.7 Å². The summed E-state index contributed by atoms with van der Waals surface area (Å²) in [4.78, 5) is 26.4. The Kier molecular flexibility index (Phi) is 4.75. The van der Waals surface area contributed by atoms with E-state index in [2.05, 4.69) is 22.0 Å². The minimum atomic E-state index is -0.859. The third kappa shape index (κ3) is 3.11. The summed E-state index contributed by atoms with van der Waals surface area (Å²) in [6, 6.07) is 11.8. The lowest BCUT2D eigenvalue weighted by molar-refractivity contribution is -0.137. The maximum Gasteiger partial charge on any atom is 0.323 e. The molecule has 144 valence electrons. The van der Waals surface area contributed by atoms with Gasteiger partial charge in [0.1, 0.15) is 6.54 Å². The first-order valence-electron chi connectivity index (χ1n) is 9.23. The van der Waals surface area contributed by atoms with E-state index in [1.165, 1.54) is 0 Å². The summed E-state index contributed by atoms with van der Waals surface area (Å²) < 4.78 is 2.71. The Morgan fingerprint density at radius 3 is 2.71 bits per heavy atom. The minimum Gasteiger partial charge on any atom is -0.480 e. The van der Waals surface area contributed by atoms with Crippen molar-refractivity contribution in [3.63, 3.8) is 0 Å². The van der Waals surface area contributed by atoms with Crippen molar-refractivity contribution in [3.05, 3.63) is 68.8 Å². The summed E-state index contributed by atoms with van der Waals surface area (Å²) in [5, 5.41) is 10.4. The number of hydrogen-bond acceptors (Lipinski definition) is 2. The van der Waals surface area contributed by atoms with Gasteiger partial charge in [0.2, 0.25) is 0 Å². The molecule has 2 aromatic carbocycles. The van der Waals surface area contributed by atoms with Crippen molar-refractivity contribution in [2.75, 3.05) is 6.54 Å². The van der Waals surface area contributed by atoms with Crippen LogP contribution in [0.1, 0.15) is 32.7 Å². The quantitative estimate of drug-likeness (QED) is 0.659. The number of hydrogen-bond donors (Lipinski definition) is 1. The zero-order valence-electron chi connectivity index (χ0n) is 15.8. The lowest BCUT2D eigenvalue weighted by atomic mass is 10.0. The van der Waals surface area contributed by atoms with E-state index >= 15 is 0 Å². The molecule has 0 unspecified atom stereocenters. The lowest BCUT2D eigenvalue weighted by Crippen LogP contribution is -2.36. The molecule has 0 atom stereocenters. The number of halogens is 1. The van der Waals surface area contributed by atoms with Crippen LogP contribution < -0.4 is 0 Å². The summed E-state index contributed by atoms with van der Waals surface area (Å²) in [5.74, 6) is -0.865. The average molecular weight is 441 g/mol. The Labute approximate surface area is 171 Å². The number of aryl methyl sites for hydroxylation is 2. The van der Waals surface area contributed by atoms with E-state index in [0.29, 0.717) is 25.1 Å². The number of carbonyl (C=O) groups is 2. The predicted octanol–water partition coefficient (Wildman–Crippen LogP) is 4.30. The van der Waals surface area contributed by atoms with Gasteiger partial charge in [-0.05, 0) is 53.5 Å². The summed E-state index contributed by atoms with van der Waals surface area (Å²) >= 11 is 3.54. The van der Waals surface area contributed by atoms with Gasteiger partial charge in [0, 0.05) is 46.1 Å². The number of aromatic nitrogens is 1. The van der Waals surface area contributed by atoms with Gasteiger partial charge in [-0.1, -0.05) is 23.8 Å². The highest BCUT2D eigenvalue weighted by molar-refractivity contribution is 9.10. The molecule has 1 N–H and O–H groups in total. The molecule has 0 saturated carbocycles. The molecule has 5 nitrogen and oxygen atoms in total. The molecule has 1 aromatic heterocycles.